The summed E-state index contributed by atoms with van der Waals surface area (Å²) in [5, 5.41) is 37.7. The first-order valence-electron chi connectivity index (χ1n) is 24.7. The Kier molecular flexibility index (Phi) is 40.8. The van der Waals surface area contributed by atoms with Crippen LogP contribution in [-0.2, 0) is 62.1 Å². The Morgan fingerprint density at radius 2 is 0.926 bits per heavy atom. The Bertz CT molecular complexity index is 1450. The highest BCUT2D eigenvalue weighted by Crippen LogP contribution is 2.14. The Morgan fingerprint density at radius 3 is 1.49 bits per heavy atom. The Hall–Kier alpha value is -4.53. The van der Waals surface area contributed by atoms with Crippen LogP contribution >= 0.6 is 0 Å². The number of carboxylic acids is 3. The van der Waals surface area contributed by atoms with Crippen molar-refractivity contribution in [2.24, 2.45) is 5.92 Å². The van der Waals surface area contributed by atoms with Crippen LogP contribution in [0.1, 0.15) is 168 Å². The van der Waals surface area contributed by atoms with Gasteiger partial charge in [0.15, 0.2) is 5.78 Å². The number of unbranched alkanes of at least 4 members (excludes halogenated alkanes) is 14. The molecular formula is C48H84N4O16. The molecular weight excluding hydrogens is 889 g/mol. The van der Waals surface area contributed by atoms with Gasteiger partial charge in [0.25, 0.3) is 0 Å². The van der Waals surface area contributed by atoms with E-state index in [1.165, 1.54) is 32.1 Å². The van der Waals surface area contributed by atoms with Crippen molar-refractivity contribution in [3.8, 4) is 0 Å². The van der Waals surface area contributed by atoms with E-state index in [2.05, 4.69) is 21.3 Å². The average molecular weight is 973 g/mol. The van der Waals surface area contributed by atoms with Gasteiger partial charge in [-0.2, -0.15) is 0 Å². The van der Waals surface area contributed by atoms with Crippen molar-refractivity contribution in [3.63, 3.8) is 0 Å². The van der Waals surface area contributed by atoms with Gasteiger partial charge < -0.3 is 55.5 Å². The molecule has 0 fully saturated rings. The SMILES string of the molecule is CC(=O)[C@@H](C)CCCCNC(=O)CC[C@H](NC(=O)COCCOCCCC(=O)COCCOCCNC(=O)C[C@H](NC(=O)CCCCCCCCCCCCCCCCC(=O)O)C(=O)O)C(=O)O. The minimum absolute atomic E-state index is 0.0220. The maximum Gasteiger partial charge on any atom is 0.326 e. The van der Waals surface area contributed by atoms with Gasteiger partial charge in [-0.15, -0.1) is 0 Å². The summed E-state index contributed by atoms with van der Waals surface area (Å²) in [7, 11) is 0. The van der Waals surface area contributed by atoms with E-state index in [1.807, 2.05) is 6.92 Å². The van der Waals surface area contributed by atoms with Crippen LogP contribution in [0.25, 0.3) is 0 Å². The molecule has 0 spiro atoms. The third-order valence-corrected chi connectivity index (χ3v) is 11.0. The molecule has 20 heteroatoms. The predicted molar refractivity (Wildman–Crippen MR) is 252 cm³/mol. The standard InChI is InChI=1S/C48H84N4O16/c1-37(38(2)53)20-17-18-26-49-42(55)25-24-40(47(61)62)51-45(58)36-68-33-30-65-28-19-21-39(54)35-67-32-31-66-29-27-50-44(57)34-41(48(63)64)52-43(56)22-15-13-11-9-7-5-3-4-6-8-10-12-14-16-23-46(59)60/h37,40-41H,3-36H2,1-2H3,(H,49,55)(H,50,57)(H,51,58)(H,52,56)(H,59,60)(H,61,62)(H,63,64)/t37-,40-,41-/m0/s1. The number of aliphatic carboxylic acids is 3. The summed E-state index contributed by atoms with van der Waals surface area (Å²) in [6.45, 7) is 4.34. The van der Waals surface area contributed by atoms with Crippen molar-refractivity contribution in [2.45, 2.75) is 180 Å². The van der Waals surface area contributed by atoms with Crippen LogP contribution in [0.2, 0.25) is 0 Å². The lowest BCUT2D eigenvalue weighted by Gasteiger charge is -2.15. The second-order valence-electron chi connectivity index (χ2n) is 17.2. The number of carbonyl (C=O) groups excluding carboxylic acids is 6. The first-order chi connectivity index (χ1) is 32.6. The molecule has 0 aliphatic heterocycles. The summed E-state index contributed by atoms with van der Waals surface area (Å²) in [5.41, 5.74) is 0. The molecule has 0 saturated heterocycles. The summed E-state index contributed by atoms with van der Waals surface area (Å²) in [5.74, 6) is -5.25. The van der Waals surface area contributed by atoms with Gasteiger partial charge in [0.05, 0.1) is 39.5 Å². The van der Waals surface area contributed by atoms with E-state index in [4.69, 9.17) is 24.1 Å². The molecule has 0 heterocycles. The van der Waals surface area contributed by atoms with Crippen LogP contribution in [-0.4, -0.2) is 146 Å². The molecule has 0 rings (SSSR count). The number of hydrogen-bond donors (Lipinski definition) is 7. The van der Waals surface area contributed by atoms with Gasteiger partial charge in [0, 0.05) is 51.3 Å². The van der Waals surface area contributed by atoms with Crippen LogP contribution < -0.4 is 21.3 Å². The zero-order chi connectivity index (χ0) is 50.6. The molecule has 0 aliphatic rings. The predicted octanol–water partition coefficient (Wildman–Crippen LogP) is 4.67. The zero-order valence-corrected chi connectivity index (χ0v) is 40.9. The van der Waals surface area contributed by atoms with E-state index >= 15 is 0 Å². The summed E-state index contributed by atoms with van der Waals surface area (Å²) >= 11 is 0. The maximum absolute atomic E-state index is 12.3. The van der Waals surface area contributed by atoms with E-state index in [0.717, 1.165) is 64.2 Å². The number of hydrogen-bond acceptors (Lipinski definition) is 13. The molecule has 0 aromatic rings. The maximum atomic E-state index is 12.3. The summed E-state index contributed by atoms with van der Waals surface area (Å²) in [6.07, 6.45) is 17.5. The van der Waals surface area contributed by atoms with E-state index in [0.29, 0.717) is 25.8 Å². The van der Waals surface area contributed by atoms with Crippen molar-refractivity contribution in [1.82, 2.24) is 21.3 Å². The second-order valence-corrected chi connectivity index (χ2v) is 17.2. The number of nitrogens with one attached hydrogen (secondary N) is 4. The number of ketones is 2. The molecule has 3 atom stereocenters. The quantitative estimate of drug-likeness (QED) is 0.0408. The molecule has 0 unspecified atom stereocenters. The minimum atomic E-state index is -1.34. The van der Waals surface area contributed by atoms with Gasteiger partial charge >= 0.3 is 17.9 Å². The van der Waals surface area contributed by atoms with Gasteiger partial charge in [-0.05, 0) is 45.4 Å². The molecule has 7 N–H and O–H groups in total. The molecule has 392 valence electrons. The number of amides is 4. The van der Waals surface area contributed by atoms with Crippen LogP contribution in [0.4, 0.5) is 0 Å². The van der Waals surface area contributed by atoms with Crippen molar-refractivity contribution in [1.29, 1.82) is 0 Å². The van der Waals surface area contributed by atoms with E-state index in [1.54, 1.807) is 6.92 Å². The Balaban J connectivity index is 3.81. The number of carbonyl (C=O) groups is 9. The van der Waals surface area contributed by atoms with E-state index < -0.39 is 60.7 Å². The van der Waals surface area contributed by atoms with Gasteiger partial charge in [0.1, 0.15) is 31.1 Å². The highest BCUT2D eigenvalue weighted by Gasteiger charge is 2.23. The third-order valence-electron chi connectivity index (χ3n) is 11.0. The summed E-state index contributed by atoms with van der Waals surface area (Å²) in [6, 6.07) is -2.59. The number of rotatable bonds is 49. The first kappa shape index (κ1) is 63.5. The molecule has 68 heavy (non-hydrogen) atoms. The van der Waals surface area contributed by atoms with Crippen molar-refractivity contribution in [2.75, 3.05) is 65.9 Å². The van der Waals surface area contributed by atoms with Crippen LogP contribution in [0, 0.1) is 5.92 Å². The highest BCUT2D eigenvalue weighted by molar-refractivity contribution is 5.88. The lowest BCUT2D eigenvalue weighted by atomic mass is 10.0. The van der Waals surface area contributed by atoms with Crippen LogP contribution in [0.3, 0.4) is 0 Å². The lowest BCUT2D eigenvalue weighted by Crippen LogP contribution is -2.44. The first-order valence-corrected chi connectivity index (χ1v) is 24.7. The van der Waals surface area contributed by atoms with Gasteiger partial charge in [-0.25, -0.2) is 9.59 Å². The van der Waals surface area contributed by atoms with Crippen molar-refractivity contribution < 1.29 is 77.4 Å². The summed E-state index contributed by atoms with van der Waals surface area (Å²) < 4.78 is 21.4. The van der Waals surface area contributed by atoms with Gasteiger partial charge in [0.2, 0.25) is 23.6 Å². The monoisotopic (exact) mass is 973 g/mol. The Morgan fingerprint density at radius 1 is 0.426 bits per heavy atom. The second kappa shape index (κ2) is 43.7. The third kappa shape index (κ3) is 41.6. The van der Waals surface area contributed by atoms with Crippen LogP contribution in [0.15, 0.2) is 0 Å². The molecule has 0 radical (unpaired) electrons. The molecule has 0 aromatic heterocycles. The smallest absolute Gasteiger partial charge is 0.326 e. The average Bonchev–Trinajstić information content (AvgIpc) is 3.28. The van der Waals surface area contributed by atoms with Crippen molar-refractivity contribution >= 4 is 53.1 Å². The topological polar surface area (TPSA) is 299 Å². The van der Waals surface area contributed by atoms with Gasteiger partial charge in [-0.1, -0.05) is 90.4 Å². The fraction of sp³-hybridized carbons (Fsp3) is 0.812. The molecule has 0 bridgehead atoms. The van der Waals surface area contributed by atoms with Crippen molar-refractivity contribution in [3.05, 3.63) is 0 Å². The van der Waals surface area contributed by atoms with Crippen LogP contribution in [0.5, 0.6) is 0 Å². The minimum Gasteiger partial charge on any atom is -0.481 e. The fourth-order valence-electron chi connectivity index (χ4n) is 6.77. The lowest BCUT2D eigenvalue weighted by molar-refractivity contribution is -0.143. The summed E-state index contributed by atoms with van der Waals surface area (Å²) in [4.78, 5) is 106. The number of Topliss-reactive ketones (excluding diaryl/α,β-unsaturated/α-hetero) is 2. The molecule has 0 aromatic carbocycles. The van der Waals surface area contributed by atoms with E-state index in [-0.39, 0.29) is 108 Å². The zero-order valence-electron chi connectivity index (χ0n) is 40.9. The molecule has 20 nitrogen and oxygen atoms in total. The molecule has 0 aliphatic carbocycles. The normalized spacial score (nSPS) is 12.4. The largest absolute Gasteiger partial charge is 0.481 e. The molecule has 4 amide bonds. The molecule has 0 saturated carbocycles. The van der Waals surface area contributed by atoms with E-state index in [9.17, 15) is 53.4 Å². The number of ether oxygens (including phenoxy) is 4. The van der Waals surface area contributed by atoms with Gasteiger partial charge in [-0.3, -0.25) is 33.6 Å². The fourth-order valence-corrected chi connectivity index (χ4v) is 6.77. The Labute approximate surface area is 402 Å². The highest BCUT2D eigenvalue weighted by atomic mass is 16.5. The number of carboxylic acid groups (broad SMARTS) is 3.